The molecule has 0 bridgehead atoms. The Hall–Kier alpha value is -0.860. The molecule has 0 aliphatic heterocycles. The molecule has 2 heteroatoms. The van der Waals surface area contributed by atoms with Crippen molar-refractivity contribution in [1.82, 2.24) is 5.32 Å². The Morgan fingerprint density at radius 2 is 2.00 bits per heavy atom. The standard InChI is InChI=1S/C19H31NO/c1-3-4-5-6-7-13-21-19(15-20-18-11-12-18)17-10-8-9-16(2)14-17/h8-10,14,18-20H,3-7,11-13,15H2,1-2H3. The van der Waals surface area contributed by atoms with Crippen molar-refractivity contribution >= 4 is 0 Å². The Labute approximate surface area is 130 Å². The van der Waals surface area contributed by atoms with Crippen LogP contribution in [0.1, 0.15) is 69.1 Å². The van der Waals surface area contributed by atoms with E-state index in [1.807, 2.05) is 0 Å². The maximum absolute atomic E-state index is 6.18. The monoisotopic (exact) mass is 289 g/mol. The van der Waals surface area contributed by atoms with Gasteiger partial charge in [0.05, 0.1) is 6.10 Å². The molecule has 21 heavy (non-hydrogen) atoms. The predicted octanol–water partition coefficient (Wildman–Crippen LogP) is 4.78. The van der Waals surface area contributed by atoms with Gasteiger partial charge in [0.25, 0.3) is 0 Å². The molecule has 0 aromatic heterocycles. The summed E-state index contributed by atoms with van der Waals surface area (Å²) in [5, 5.41) is 3.61. The molecule has 2 nitrogen and oxygen atoms in total. The van der Waals surface area contributed by atoms with E-state index in [0.29, 0.717) is 0 Å². The van der Waals surface area contributed by atoms with Crippen molar-refractivity contribution < 1.29 is 4.74 Å². The first-order chi connectivity index (χ1) is 10.3. The Morgan fingerprint density at radius 1 is 1.19 bits per heavy atom. The third kappa shape index (κ3) is 6.62. The Kier molecular flexibility index (Phi) is 7.25. The van der Waals surface area contributed by atoms with Crippen LogP contribution in [0.2, 0.25) is 0 Å². The fourth-order valence-electron chi connectivity index (χ4n) is 2.64. The van der Waals surface area contributed by atoms with E-state index in [0.717, 1.165) is 19.2 Å². The lowest BCUT2D eigenvalue weighted by molar-refractivity contribution is 0.0495. The topological polar surface area (TPSA) is 21.3 Å². The second kappa shape index (κ2) is 9.22. The molecule has 1 unspecified atom stereocenters. The summed E-state index contributed by atoms with van der Waals surface area (Å²) in [6.45, 7) is 6.24. The van der Waals surface area contributed by atoms with E-state index < -0.39 is 0 Å². The number of ether oxygens (including phenoxy) is 1. The third-order valence-corrected chi connectivity index (χ3v) is 4.15. The van der Waals surface area contributed by atoms with E-state index >= 15 is 0 Å². The van der Waals surface area contributed by atoms with Gasteiger partial charge in [-0.2, -0.15) is 0 Å². The summed E-state index contributed by atoms with van der Waals surface area (Å²) in [4.78, 5) is 0. The molecule has 1 aliphatic carbocycles. The minimum atomic E-state index is 0.205. The summed E-state index contributed by atoms with van der Waals surface area (Å²) < 4.78 is 6.18. The number of nitrogens with one attached hydrogen (secondary N) is 1. The van der Waals surface area contributed by atoms with E-state index in [1.54, 1.807) is 0 Å². The summed E-state index contributed by atoms with van der Waals surface area (Å²) in [5.41, 5.74) is 2.63. The van der Waals surface area contributed by atoms with Gasteiger partial charge in [0.1, 0.15) is 0 Å². The summed E-state index contributed by atoms with van der Waals surface area (Å²) in [6.07, 6.45) is 9.35. The summed E-state index contributed by atoms with van der Waals surface area (Å²) in [7, 11) is 0. The van der Waals surface area contributed by atoms with Gasteiger partial charge in [0.15, 0.2) is 0 Å². The molecule has 1 aliphatic rings. The molecular weight excluding hydrogens is 258 g/mol. The van der Waals surface area contributed by atoms with E-state index in [-0.39, 0.29) is 6.10 Å². The molecular formula is C19H31NO. The molecule has 0 saturated heterocycles. The van der Waals surface area contributed by atoms with Crippen LogP contribution < -0.4 is 5.32 Å². The second-order valence-corrected chi connectivity index (χ2v) is 6.37. The predicted molar refractivity (Wildman–Crippen MR) is 89.7 cm³/mol. The van der Waals surface area contributed by atoms with Crippen LogP contribution in [0.3, 0.4) is 0 Å². The van der Waals surface area contributed by atoms with Crippen LogP contribution in [-0.2, 0) is 4.74 Å². The van der Waals surface area contributed by atoms with Crippen molar-refractivity contribution in [2.75, 3.05) is 13.2 Å². The highest BCUT2D eigenvalue weighted by Gasteiger charge is 2.22. The normalized spacial score (nSPS) is 16.1. The molecule has 1 atom stereocenters. The summed E-state index contributed by atoms with van der Waals surface area (Å²) >= 11 is 0. The average molecular weight is 289 g/mol. The maximum Gasteiger partial charge on any atom is 0.0949 e. The first-order valence-corrected chi connectivity index (χ1v) is 8.71. The largest absolute Gasteiger partial charge is 0.372 e. The van der Waals surface area contributed by atoms with Crippen molar-refractivity contribution in [2.24, 2.45) is 0 Å². The van der Waals surface area contributed by atoms with Crippen molar-refractivity contribution in [3.63, 3.8) is 0 Å². The van der Waals surface area contributed by atoms with E-state index in [9.17, 15) is 0 Å². The molecule has 0 radical (unpaired) electrons. The molecule has 1 saturated carbocycles. The fraction of sp³-hybridized carbons (Fsp3) is 0.684. The first kappa shape index (κ1) is 16.5. The van der Waals surface area contributed by atoms with Crippen LogP contribution in [0.4, 0.5) is 0 Å². The second-order valence-electron chi connectivity index (χ2n) is 6.37. The van der Waals surface area contributed by atoms with Crippen LogP contribution in [0.25, 0.3) is 0 Å². The van der Waals surface area contributed by atoms with Crippen molar-refractivity contribution in [3.8, 4) is 0 Å². The summed E-state index contributed by atoms with van der Waals surface area (Å²) in [5.74, 6) is 0. The number of rotatable bonds is 11. The van der Waals surface area contributed by atoms with Crippen molar-refractivity contribution in [3.05, 3.63) is 35.4 Å². The summed E-state index contributed by atoms with van der Waals surface area (Å²) in [6, 6.07) is 9.49. The first-order valence-electron chi connectivity index (χ1n) is 8.71. The fourth-order valence-corrected chi connectivity index (χ4v) is 2.64. The number of unbranched alkanes of at least 4 members (excludes halogenated alkanes) is 4. The molecule has 1 fully saturated rings. The average Bonchev–Trinajstić information content (AvgIpc) is 3.30. The molecule has 0 spiro atoms. The Morgan fingerprint density at radius 3 is 2.71 bits per heavy atom. The van der Waals surface area contributed by atoms with Crippen molar-refractivity contribution in [1.29, 1.82) is 0 Å². The van der Waals surface area contributed by atoms with Crippen LogP contribution >= 0.6 is 0 Å². The molecule has 118 valence electrons. The maximum atomic E-state index is 6.18. The van der Waals surface area contributed by atoms with Crippen LogP contribution in [0.15, 0.2) is 24.3 Å². The van der Waals surface area contributed by atoms with Gasteiger partial charge in [0.2, 0.25) is 0 Å². The van der Waals surface area contributed by atoms with Gasteiger partial charge in [-0.3, -0.25) is 0 Å². The van der Waals surface area contributed by atoms with Crippen LogP contribution in [0.5, 0.6) is 0 Å². The Balaban J connectivity index is 1.77. The van der Waals surface area contributed by atoms with Gasteiger partial charge in [-0.25, -0.2) is 0 Å². The lowest BCUT2D eigenvalue weighted by Gasteiger charge is -2.19. The smallest absolute Gasteiger partial charge is 0.0949 e. The highest BCUT2D eigenvalue weighted by Crippen LogP contribution is 2.23. The zero-order chi connectivity index (χ0) is 14.9. The van der Waals surface area contributed by atoms with E-state index in [2.05, 4.69) is 43.4 Å². The van der Waals surface area contributed by atoms with Gasteiger partial charge in [-0.05, 0) is 31.7 Å². The SMILES string of the molecule is CCCCCCCOC(CNC1CC1)c1cccc(C)c1. The number of hydrogen-bond donors (Lipinski definition) is 1. The number of aryl methyl sites for hydroxylation is 1. The minimum Gasteiger partial charge on any atom is -0.372 e. The number of benzene rings is 1. The molecule has 0 heterocycles. The van der Waals surface area contributed by atoms with Crippen molar-refractivity contribution in [2.45, 2.75) is 70.9 Å². The molecule has 1 N–H and O–H groups in total. The van der Waals surface area contributed by atoms with Crippen LogP contribution in [0, 0.1) is 6.92 Å². The molecule has 1 aromatic rings. The highest BCUT2D eigenvalue weighted by molar-refractivity contribution is 5.24. The van der Waals surface area contributed by atoms with Gasteiger partial charge >= 0.3 is 0 Å². The highest BCUT2D eigenvalue weighted by atomic mass is 16.5. The van der Waals surface area contributed by atoms with Gasteiger partial charge in [-0.1, -0.05) is 62.4 Å². The van der Waals surface area contributed by atoms with Gasteiger partial charge in [0, 0.05) is 19.2 Å². The zero-order valence-electron chi connectivity index (χ0n) is 13.7. The lowest BCUT2D eigenvalue weighted by atomic mass is 10.1. The quantitative estimate of drug-likeness (QED) is 0.592. The van der Waals surface area contributed by atoms with E-state index in [4.69, 9.17) is 4.74 Å². The number of hydrogen-bond acceptors (Lipinski definition) is 2. The Bertz CT molecular complexity index is 400. The van der Waals surface area contributed by atoms with Gasteiger partial charge < -0.3 is 10.1 Å². The van der Waals surface area contributed by atoms with Crippen LogP contribution in [-0.4, -0.2) is 19.2 Å². The third-order valence-electron chi connectivity index (χ3n) is 4.15. The van der Waals surface area contributed by atoms with E-state index in [1.165, 1.54) is 56.1 Å². The molecule has 1 aromatic carbocycles. The van der Waals surface area contributed by atoms with Gasteiger partial charge in [-0.15, -0.1) is 0 Å². The zero-order valence-corrected chi connectivity index (χ0v) is 13.7. The minimum absolute atomic E-state index is 0.205. The molecule has 0 amide bonds. The molecule has 2 rings (SSSR count). The lowest BCUT2D eigenvalue weighted by Crippen LogP contribution is -2.25.